The van der Waals surface area contributed by atoms with Gasteiger partial charge in [-0.1, -0.05) is 22.8 Å². The van der Waals surface area contributed by atoms with E-state index in [4.69, 9.17) is 11.6 Å². The van der Waals surface area contributed by atoms with Crippen molar-refractivity contribution in [2.45, 2.75) is 12.7 Å². The maximum Gasteiger partial charge on any atom is 0.265 e. The van der Waals surface area contributed by atoms with Crippen LogP contribution in [0.1, 0.15) is 21.6 Å². The van der Waals surface area contributed by atoms with Crippen LogP contribution in [0.4, 0.5) is 0 Å². The quantitative estimate of drug-likeness (QED) is 0.931. The largest absolute Gasteiger partial charge is 0.364 e. The summed E-state index contributed by atoms with van der Waals surface area (Å²) in [6.07, 6.45) is 1.26. The molecule has 106 valence electrons. The van der Waals surface area contributed by atoms with Crippen molar-refractivity contribution in [2.24, 2.45) is 0 Å². The fourth-order valence-electron chi connectivity index (χ4n) is 1.59. The van der Waals surface area contributed by atoms with E-state index in [1.165, 1.54) is 18.4 Å². The summed E-state index contributed by atoms with van der Waals surface area (Å²) in [5.74, 6) is -1.16. The maximum atomic E-state index is 12.0. The molecular formula is C12H11ClN2O4S. The van der Waals surface area contributed by atoms with Crippen molar-refractivity contribution < 1.29 is 17.7 Å². The monoisotopic (exact) mass is 314 g/mol. The van der Waals surface area contributed by atoms with Crippen molar-refractivity contribution in [3.63, 3.8) is 0 Å². The molecule has 0 fully saturated rings. The zero-order valence-electron chi connectivity index (χ0n) is 10.5. The highest BCUT2D eigenvalue weighted by Crippen LogP contribution is 2.18. The lowest BCUT2D eigenvalue weighted by Gasteiger charge is -2.08. The molecule has 1 amide bonds. The number of sulfonamides is 1. The Labute approximate surface area is 120 Å². The molecule has 0 bridgehead atoms. The van der Waals surface area contributed by atoms with Crippen LogP contribution in [-0.2, 0) is 15.8 Å². The molecule has 2 rings (SSSR count). The van der Waals surface area contributed by atoms with Gasteiger partial charge in [0.1, 0.15) is 17.7 Å². The van der Waals surface area contributed by atoms with Gasteiger partial charge in [0, 0.05) is 16.7 Å². The van der Waals surface area contributed by atoms with Crippen molar-refractivity contribution in [3.05, 3.63) is 52.4 Å². The second kappa shape index (κ2) is 5.64. The van der Waals surface area contributed by atoms with Gasteiger partial charge in [-0.2, -0.15) is 0 Å². The molecule has 1 aromatic carbocycles. The summed E-state index contributed by atoms with van der Waals surface area (Å²) in [6, 6.07) is 6.11. The van der Waals surface area contributed by atoms with E-state index in [1.54, 1.807) is 19.1 Å². The van der Waals surface area contributed by atoms with Crippen LogP contribution in [0.2, 0.25) is 5.02 Å². The minimum absolute atomic E-state index is 0.209. The fourth-order valence-corrected chi connectivity index (χ4v) is 2.77. The molecule has 0 aliphatic heterocycles. The second-order valence-corrected chi connectivity index (χ2v) is 6.22. The van der Waals surface area contributed by atoms with Gasteiger partial charge in [0.05, 0.1) is 0 Å². The summed E-state index contributed by atoms with van der Waals surface area (Å²) in [5, 5.41) is 3.88. The molecule has 0 saturated carbocycles. The van der Waals surface area contributed by atoms with Gasteiger partial charge in [0.15, 0.2) is 0 Å². The number of amides is 1. The minimum atomic E-state index is -3.85. The third-order valence-corrected chi connectivity index (χ3v) is 4.17. The van der Waals surface area contributed by atoms with E-state index >= 15 is 0 Å². The summed E-state index contributed by atoms with van der Waals surface area (Å²) < 4.78 is 30.2. The number of rotatable bonds is 4. The van der Waals surface area contributed by atoms with Crippen LogP contribution in [0.5, 0.6) is 0 Å². The Morgan fingerprint density at radius 1 is 1.40 bits per heavy atom. The topological polar surface area (TPSA) is 89.3 Å². The van der Waals surface area contributed by atoms with Crippen molar-refractivity contribution in [2.75, 3.05) is 0 Å². The van der Waals surface area contributed by atoms with E-state index in [0.717, 1.165) is 0 Å². The van der Waals surface area contributed by atoms with Crippen molar-refractivity contribution >= 4 is 27.5 Å². The smallest absolute Gasteiger partial charge is 0.265 e. The van der Waals surface area contributed by atoms with Gasteiger partial charge in [-0.05, 0) is 24.6 Å². The molecule has 0 saturated heterocycles. The number of aromatic nitrogens is 1. The molecule has 20 heavy (non-hydrogen) atoms. The second-order valence-electron chi connectivity index (χ2n) is 4.09. The first-order valence-electron chi connectivity index (χ1n) is 5.58. The van der Waals surface area contributed by atoms with Crippen LogP contribution >= 0.6 is 11.6 Å². The number of carbonyl (C=O) groups is 1. The number of nitrogens with zero attached hydrogens (tertiary/aromatic N) is 1. The molecule has 6 nitrogen and oxygen atoms in total. The van der Waals surface area contributed by atoms with Crippen molar-refractivity contribution in [1.29, 1.82) is 0 Å². The summed E-state index contributed by atoms with van der Waals surface area (Å²) >= 11 is 5.89. The van der Waals surface area contributed by atoms with Crippen molar-refractivity contribution in [1.82, 2.24) is 9.88 Å². The van der Waals surface area contributed by atoms with Gasteiger partial charge in [-0.15, -0.1) is 0 Å². The average Bonchev–Trinajstić information content (AvgIpc) is 2.83. The summed E-state index contributed by atoms with van der Waals surface area (Å²) in [7, 11) is -3.85. The maximum absolute atomic E-state index is 12.0. The van der Waals surface area contributed by atoms with Crippen LogP contribution < -0.4 is 4.72 Å². The predicted molar refractivity (Wildman–Crippen MR) is 72.8 cm³/mol. The Morgan fingerprint density at radius 2 is 2.15 bits per heavy atom. The third kappa shape index (κ3) is 3.37. The van der Waals surface area contributed by atoms with Crippen molar-refractivity contribution in [3.8, 4) is 0 Å². The Hall–Kier alpha value is -1.86. The summed E-state index contributed by atoms with van der Waals surface area (Å²) in [4.78, 5) is 12.0. The van der Waals surface area contributed by atoms with Gasteiger partial charge < -0.3 is 4.52 Å². The normalized spacial score (nSPS) is 11.3. The van der Waals surface area contributed by atoms with E-state index in [1.807, 2.05) is 4.72 Å². The van der Waals surface area contributed by atoms with Gasteiger partial charge in [-0.25, -0.2) is 13.1 Å². The number of benzene rings is 1. The lowest BCUT2D eigenvalue weighted by atomic mass is 10.1. The zero-order valence-corrected chi connectivity index (χ0v) is 12.0. The predicted octanol–water partition coefficient (Wildman–Crippen LogP) is 1.90. The molecular weight excluding hydrogens is 304 g/mol. The standard InChI is InChI=1S/C12H11ClN2O4S/c1-8-10(3-2-4-11(8)13)12(16)15-20(17,18)7-9-5-6-19-14-9/h2-6H,7H2,1H3,(H,15,16). The van der Waals surface area contributed by atoms with E-state index in [9.17, 15) is 13.2 Å². The van der Waals surface area contributed by atoms with Crippen LogP contribution in [0, 0.1) is 6.92 Å². The molecule has 2 aromatic rings. The average molecular weight is 315 g/mol. The van der Waals surface area contributed by atoms with Crippen LogP contribution in [-0.4, -0.2) is 19.5 Å². The first-order chi connectivity index (χ1) is 9.39. The van der Waals surface area contributed by atoms with E-state index in [2.05, 4.69) is 9.68 Å². The summed E-state index contributed by atoms with van der Waals surface area (Å²) in [5.41, 5.74) is 0.942. The molecule has 0 radical (unpaired) electrons. The highest BCUT2D eigenvalue weighted by molar-refractivity contribution is 7.89. The van der Waals surface area contributed by atoms with Crippen LogP contribution in [0.25, 0.3) is 0 Å². The molecule has 0 unspecified atom stereocenters. The first-order valence-corrected chi connectivity index (χ1v) is 7.61. The van der Waals surface area contributed by atoms with Crippen LogP contribution in [0.15, 0.2) is 35.1 Å². The van der Waals surface area contributed by atoms with Gasteiger partial charge >= 0.3 is 0 Å². The lowest BCUT2D eigenvalue weighted by molar-refractivity contribution is 0.0981. The van der Waals surface area contributed by atoms with Gasteiger partial charge in [0.2, 0.25) is 10.0 Å². The van der Waals surface area contributed by atoms with E-state index < -0.39 is 21.7 Å². The molecule has 0 spiro atoms. The first kappa shape index (κ1) is 14.5. The number of nitrogens with one attached hydrogen (secondary N) is 1. The summed E-state index contributed by atoms with van der Waals surface area (Å²) in [6.45, 7) is 1.64. The van der Waals surface area contributed by atoms with Gasteiger partial charge in [-0.3, -0.25) is 4.79 Å². The lowest BCUT2D eigenvalue weighted by Crippen LogP contribution is -2.32. The molecule has 8 heteroatoms. The Balaban J connectivity index is 2.17. The third-order valence-electron chi connectivity index (χ3n) is 2.59. The highest BCUT2D eigenvalue weighted by Gasteiger charge is 2.19. The molecule has 0 aliphatic rings. The number of halogens is 1. The molecule has 1 heterocycles. The van der Waals surface area contributed by atoms with Gasteiger partial charge in [0.25, 0.3) is 5.91 Å². The molecule has 0 atom stereocenters. The Morgan fingerprint density at radius 3 is 2.80 bits per heavy atom. The molecule has 0 aliphatic carbocycles. The number of hydrogen-bond donors (Lipinski definition) is 1. The minimum Gasteiger partial charge on any atom is -0.364 e. The van der Waals surface area contributed by atoms with E-state index in [0.29, 0.717) is 10.6 Å². The fraction of sp³-hybridized carbons (Fsp3) is 0.167. The number of carbonyl (C=O) groups excluding carboxylic acids is 1. The zero-order chi connectivity index (χ0) is 14.8. The SMILES string of the molecule is Cc1c(Cl)cccc1C(=O)NS(=O)(=O)Cc1ccon1. The Bertz CT molecular complexity index is 726. The van der Waals surface area contributed by atoms with Crippen LogP contribution in [0.3, 0.4) is 0 Å². The molecule has 1 aromatic heterocycles. The molecule has 1 N–H and O–H groups in total. The Kier molecular flexibility index (Phi) is 4.10. The van der Waals surface area contributed by atoms with E-state index in [-0.39, 0.29) is 11.3 Å². The highest BCUT2D eigenvalue weighted by atomic mass is 35.5. The number of hydrogen-bond acceptors (Lipinski definition) is 5.